The Hall–Kier alpha value is -2.37. The third-order valence-corrected chi connectivity index (χ3v) is 3.86. The summed E-state index contributed by atoms with van der Waals surface area (Å²) in [6.45, 7) is 1.42. The second-order valence-corrected chi connectivity index (χ2v) is 5.87. The van der Waals surface area contributed by atoms with Crippen molar-refractivity contribution in [3.63, 3.8) is 0 Å². The molecule has 0 heterocycles. The van der Waals surface area contributed by atoms with E-state index >= 15 is 0 Å². The van der Waals surface area contributed by atoms with Crippen LogP contribution >= 0.6 is 0 Å². The predicted octanol–water partition coefficient (Wildman–Crippen LogP) is 2.42. The normalized spacial score (nSPS) is 15.3. The maximum atomic E-state index is 12.0. The minimum absolute atomic E-state index is 0.0953. The van der Waals surface area contributed by atoms with E-state index in [1.165, 1.54) is 19.8 Å². The van der Waals surface area contributed by atoms with Gasteiger partial charge in [0.25, 0.3) is 0 Å². The number of benzene rings is 1. The number of amides is 3. The summed E-state index contributed by atoms with van der Waals surface area (Å²) in [5.74, 6) is -1.42. The molecule has 1 aliphatic carbocycles. The van der Waals surface area contributed by atoms with Crippen LogP contribution in [0.3, 0.4) is 0 Å². The second kappa shape index (κ2) is 8.31. The summed E-state index contributed by atoms with van der Waals surface area (Å²) in [6.07, 6.45) is 6.45. The first-order valence-electron chi connectivity index (χ1n) is 8.04. The Balaban J connectivity index is 1.85. The number of hydrogen-bond acceptors (Lipinski definition) is 3. The highest BCUT2D eigenvalue weighted by Crippen LogP contribution is 2.17. The van der Waals surface area contributed by atoms with Gasteiger partial charge in [0, 0.05) is 24.3 Å². The first kappa shape index (κ1) is 17.0. The molecule has 0 aromatic heterocycles. The first-order chi connectivity index (χ1) is 11.0. The molecule has 0 aliphatic heterocycles. The second-order valence-electron chi connectivity index (χ2n) is 5.87. The van der Waals surface area contributed by atoms with E-state index in [0.29, 0.717) is 11.4 Å². The molecule has 23 heavy (non-hydrogen) atoms. The molecule has 1 aliphatic rings. The average molecular weight is 317 g/mol. The molecule has 0 radical (unpaired) electrons. The van der Waals surface area contributed by atoms with E-state index in [4.69, 9.17) is 0 Å². The van der Waals surface area contributed by atoms with E-state index in [1.54, 1.807) is 24.3 Å². The summed E-state index contributed by atoms with van der Waals surface area (Å²) in [5.41, 5.74) is 1.15. The summed E-state index contributed by atoms with van der Waals surface area (Å²) in [7, 11) is 0. The van der Waals surface area contributed by atoms with E-state index < -0.39 is 11.8 Å². The third kappa shape index (κ3) is 5.73. The van der Waals surface area contributed by atoms with Crippen LogP contribution in [0.5, 0.6) is 0 Å². The molecule has 0 unspecified atom stereocenters. The van der Waals surface area contributed by atoms with Crippen molar-refractivity contribution in [1.82, 2.24) is 5.32 Å². The zero-order chi connectivity index (χ0) is 16.7. The van der Waals surface area contributed by atoms with Crippen molar-refractivity contribution in [3.05, 3.63) is 24.3 Å². The molecular formula is C17H23N3O3. The summed E-state index contributed by atoms with van der Waals surface area (Å²) < 4.78 is 0. The molecule has 0 atom stereocenters. The van der Waals surface area contributed by atoms with E-state index in [2.05, 4.69) is 16.0 Å². The Morgan fingerprint density at radius 2 is 1.35 bits per heavy atom. The number of hydrogen-bond donors (Lipinski definition) is 3. The minimum Gasteiger partial charge on any atom is -0.345 e. The number of carbonyl (C=O) groups is 3. The molecular weight excluding hydrogens is 294 g/mol. The van der Waals surface area contributed by atoms with Crippen LogP contribution in [0.15, 0.2) is 24.3 Å². The molecule has 3 amide bonds. The quantitative estimate of drug-likeness (QED) is 0.591. The number of rotatable bonds is 3. The van der Waals surface area contributed by atoms with Gasteiger partial charge in [-0.15, -0.1) is 0 Å². The van der Waals surface area contributed by atoms with Crippen molar-refractivity contribution in [3.8, 4) is 0 Å². The summed E-state index contributed by atoms with van der Waals surface area (Å²) in [6, 6.07) is 6.71. The van der Waals surface area contributed by atoms with E-state index in [9.17, 15) is 14.4 Å². The fourth-order valence-corrected chi connectivity index (χ4v) is 2.70. The van der Waals surface area contributed by atoms with Crippen molar-refractivity contribution in [1.29, 1.82) is 0 Å². The molecule has 2 rings (SSSR count). The zero-order valence-electron chi connectivity index (χ0n) is 13.4. The van der Waals surface area contributed by atoms with Crippen LogP contribution in [0, 0.1) is 0 Å². The van der Waals surface area contributed by atoms with Gasteiger partial charge < -0.3 is 16.0 Å². The highest BCUT2D eigenvalue weighted by molar-refractivity contribution is 6.39. The van der Waals surface area contributed by atoms with Gasteiger partial charge in [-0.3, -0.25) is 14.4 Å². The number of nitrogens with one attached hydrogen (secondary N) is 3. The maximum Gasteiger partial charge on any atom is 0.313 e. The summed E-state index contributed by atoms with van der Waals surface area (Å²) >= 11 is 0. The Morgan fingerprint density at radius 1 is 0.826 bits per heavy atom. The molecule has 1 saturated carbocycles. The monoisotopic (exact) mass is 317 g/mol. The Morgan fingerprint density at radius 3 is 1.87 bits per heavy atom. The smallest absolute Gasteiger partial charge is 0.313 e. The van der Waals surface area contributed by atoms with Gasteiger partial charge in [-0.2, -0.15) is 0 Å². The van der Waals surface area contributed by atoms with Crippen LogP contribution < -0.4 is 16.0 Å². The first-order valence-corrected chi connectivity index (χ1v) is 8.04. The van der Waals surface area contributed by atoms with Crippen LogP contribution in [-0.4, -0.2) is 23.8 Å². The molecule has 124 valence electrons. The van der Waals surface area contributed by atoms with Gasteiger partial charge >= 0.3 is 11.8 Å². The van der Waals surface area contributed by atoms with Gasteiger partial charge in [0.1, 0.15) is 0 Å². The van der Waals surface area contributed by atoms with Crippen LogP contribution in [0.25, 0.3) is 0 Å². The average Bonchev–Trinajstić information content (AvgIpc) is 2.77. The molecule has 1 aromatic carbocycles. The fourth-order valence-electron chi connectivity index (χ4n) is 2.70. The number of carbonyl (C=O) groups excluding carboxylic acids is 3. The van der Waals surface area contributed by atoms with Gasteiger partial charge in [0.15, 0.2) is 0 Å². The van der Waals surface area contributed by atoms with E-state index in [-0.39, 0.29) is 11.9 Å². The predicted molar refractivity (Wildman–Crippen MR) is 89.0 cm³/mol. The largest absolute Gasteiger partial charge is 0.345 e. The van der Waals surface area contributed by atoms with Crippen LogP contribution in [-0.2, 0) is 14.4 Å². The van der Waals surface area contributed by atoms with Crippen molar-refractivity contribution in [2.45, 2.75) is 51.5 Å². The van der Waals surface area contributed by atoms with Crippen LogP contribution in [0.2, 0.25) is 0 Å². The Labute approximate surface area is 136 Å². The molecule has 0 spiro atoms. The highest BCUT2D eigenvalue weighted by atomic mass is 16.2. The Kier molecular flexibility index (Phi) is 6.14. The van der Waals surface area contributed by atoms with Gasteiger partial charge in [-0.25, -0.2) is 0 Å². The van der Waals surface area contributed by atoms with Gasteiger partial charge in [-0.1, -0.05) is 25.7 Å². The lowest BCUT2D eigenvalue weighted by Gasteiger charge is -2.15. The van der Waals surface area contributed by atoms with Crippen LogP contribution in [0.1, 0.15) is 45.4 Å². The van der Waals surface area contributed by atoms with Gasteiger partial charge in [0.2, 0.25) is 5.91 Å². The molecule has 0 saturated heterocycles. The van der Waals surface area contributed by atoms with Gasteiger partial charge in [0.05, 0.1) is 0 Å². The SMILES string of the molecule is CC(=O)Nc1ccc(NC(=O)C(=O)NC2CCCCCC2)cc1. The van der Waals surface area contributed by atoms with Crippen molar-refractivity contribution in [2.24, 2.45) is 0 Å². The lowest BCUT2D eigenvalue weighted by Crippen LogP contribution is -2.41. The molecule has 6 nitrogen and oxygen atoms in total. The molecule has 0 bridgehead atoms. The lowest BCUT2D eigenvalue weighted by molar-refractivity contribution is -0.136. The van der Waals surface area contributed by atoms with Gasteiger partial charge in [-0.05, 0) is 37.1 Å². The van der Waals surface area contributed by atoms with E-state index in [1.807, 2.05) is 0 Å². The maximum absolute atomic E-state index is 12.0. The van der Waals surface area contributed by atoms with E-state index in [0.717, 1.165) is 25.7 Å². The highest BCUT2D eigenvalue weighted by Gasteiger charge is 2.19. The molecule has 1 fully saturated rings. The molecule has 3 N–H and O–H groups in total. The lowest BCUT2D eigenvalue weighted by atomic mass is 10.1. The Bertz CT molecular complexity index is 561. The summed E-state index contributed by atoms with van der Waals surface area (Å²) in [4.78, 5) is 34.8. The third-order valence-electron chi connectivity index (χ3n) is 3.86. The zero-order valence-corrected chi connectivity index (χ0v) is 13.4. The van der Waals surface area contributed by atoms with Crippen molar-refractivity contribution in [2.75, 3.05) is 10.6 Å². The number of anilines is 2. The van der Waals surface area contributed by atoms with Crippen molar-refractivity contribution >= 4 is 29.1 Å². The molecule has 1 aromatic rings. The van der Waals surface area contributed by atoms with Crippen molar-refractivity contribution < 1.29 is 14.4 Å². The summed E-state index contributed by atoms with van der Waals surface area (Å²) in [5, 5.41) is 8.01. The topological polar surface area (TPSA) is 87.3 Å². The minimum atomic E-state index is -0.665. The fraction of sp³-hybridized carbons (Fsp3) is 0.471. The molecule has 6 heteroatoms. The van der Waals surface area contributed by atoms with Crippen LogP contribution in [0.4, 0.5) is 11.4 Å². The standard InChI is InChI=1S/C17H23N3O3/c1-12(21)18-14-8-10-15(11-9-14)20-17(23)16(22)19-13-6-4-2-3-5-7-13/h8-11,13H,2-7H2,1H3,(H,18,21)(H,19,22)(H,20,23).